The summed E-state index contributed by atoms with van der Waals surface area (Å²) in [6.45, 7) is 4.07. The first-order valence-electron chi connectivity index (χ1n) is 6.75. The van der Waals surface area contributed by atoms with Gasteiger partial charge in [0.1, 0.15) is 11.5 Å². The highest BCUT2D eigenvalue weighted by Crippen LogP contribution is 2.27. The molecule has 2 N–H and O–H groups in total. The summed E-state index contributed by atoms with van der Waals surface area (Å²) in [5, 5.41) is 19.1. The minimum absolute atomic E-state index is 0.0583. The van der Waals surface area contributed by atoms with Gasteiger partial charge in [-0.2, -0.15) is 0 Å². The Kier molecular flexibility index (Phi) is 4.08. The van der Waals surface area contributed by atoms with Gasteiger partial charge >= 0.3 is 0 Å². The lowest BCUT2D eigenvalue weighted by Gasteiger charge is -2.12. The number of ketones is 1. The third-order valence-corrected chi connectivity index (χ3v) is 3.48. The van der Waals surface area contributed by atoms with Crippen molar-refractivity contribution in [1.29, 1.82) is 0 Å². The smallest absolute Gasteiger partial charge is 0.197 e. The zero-order valence-corrected chi connectivity index (χ0v) is 11.7. The number of phenolic OH excluding ortho intramolecular Hbond substituents is 2. The molecule has 0 aliphatic heterocycles. The number of aromatic hydroxyl groups is 2. The van der Waals surface area contributed by atoms with Gasteiger partial charge < -0.3 is 10.2 Å². The number of carbonyl (C=O) groups is 1. The average Bonchev–Trinajstić information content (AvgIpc) is 2.45. The van der Waals surface area contributed by atoms with Crippen LogP contribution in [0.2, 0.25) is 0 Å². The Morgan fingerprint density at radius 3 is 2.35 bits per heavy atom. The molecule has 0 amide bonds. The van der Waals surface area contributed by atoms with Crippen molar-refractivity contribution in [2.75, 3.05) is 0 Å². The van der Waals surface area contributed by atoms with Crippen LogP contribution in [0.15, 0.2) is 36.4 Å². The van der Waals surface area contributed by atoms with Crippen molar-refractivity contribution in [3.8, 4) is 11.5 Å². The number of carbonyl (C=O) groups excluding carboxylic acids is 1. The number of hydrogen-bond donors (Lipinski definition) is 2. The molecule has 2 rings (SSSR count). The first-order valence-corrected chi connectivity index (χ1v) is 6.75. The molecule has 0 spiro atoms. The molecular weight excluding hydrogens is 252 g/mol. The minimum Gasteiger partial charge on any atom is -0.508 e. The second-order valence-electron chi connectivity index (χ2n) is 4.68. The Labute approximate surface area is 118 Å². The van der Waals surface area contributed by atoms with Gasteiger partial charge in [0, 0.05) is 11.6 Å². The van der Waals surface area contributed by atoms with Gasteiger partial charge in [0.15, 0.2) is 5.78 Å². The Morgan fingerprint density at radius 1 is 1.00 bits per heavy atom. The SMILES string of the molecule is CCc1cccc(C(=O)c2ccc(O)cc2O)c1CC. The van der Waals surface area contributed by atoms with Gasteiger partial charge in [-0.3, -0.25) is 4.79 Å². The predicted molar refractivity (Wildman–Crippen MR) is 78.4 cm³/mol. The summed E-state index contributed by atoms with van der Waals surface area (Å²) < 4.78 is 0. The van der Waals surface area contributed by atoms with Crippen molar-refractivity contribution in [1.82, 2.24) is 0 Å². The van der Waals surface area contributed by atoms with Crippen molar-refractivity contribution >= 4 is 5.78 Å². The molecule has 0 unspecified atom stereocenters. The molecule has 0 aromatic heterocycles. The molecule has 104 valence electrons. The van der Waals surface area contributed by atoms with Gasteiger partial charge in [0.05, 0.1) is 5.56 Å². The summed E-state index contributed by atoms with van der Waals surface area (Å²) in [7, 11) is 0. The second kappa shape index (κ2) is 5.78. The van der Waals surface area contributed by atoms with E-state index in [4.69, 9.17) is 0 Å². The molecule has 20 heavy (non-hydrogen) atoms. The number of benzene rings is 2. The Balaban J connectivity index is 2.53. The molecule has 0 saturated heterocycles. The highest BCUT2D eigenvalue weighted by molar-refractivity contribution is 6.11. The highest BCUT2D eigenvalue weighted by atomic mass is 16.3. The third kappa shape index (κ3) is 2.52. The maximum Gasteiger partial charge on any atom is 0.197 e. The second-order valence-corrected chi connectivity index (χ2v) is 4.68. The van der Waals surface area contributed by atoms with Crippen LogP contribution in [0.25, 0.3) is 0 Å². The third-order valence-electron chi connectivity index (χ3n) is 3.48. The van der Waals surface area contributed by atoms with Crippen molar-refractivity contribution in [2.45, 2.75) is 26.7 Å². The van der Waals surface area contributed by atoms with E-state index in [0.29, 0.717) is 5.56 Å². The molecule has 0 atom stereocenters. The maximum atomic E-state index is 12.6. The van der Waals surface area contributed by atoms with Gasteiger partial charge in [-0.1, -0.05) is 32.0 Å². The van der Waals surface area contributed by atoms with E-state index in [2.05, 4.69) is 6.92 Å². The molecule has 0 saturated carbocycles. The summed E-state index contributed by atoms with van der Waals surface area (Å²) in [5.74, 6) is -0.467. The average molecular weight is 270 g/mol. The molecular formula is C17H18O3. The van der Waals surface area contributed by atoms with E-state index in [1.807, 2.05) is 19.1 Å². The number of hydrogen-bond acceptors (Lipinski definition) is 3. The molecule has 0 heterocycles. The summed E-state index contributed by atoms with van der Waals surface area (Å²) in [5.41, 5.74) is 3.00. The molecule has 0 bridgehead atoms. The summed E-state index contributed by atoms with van der Waals surface area (Å²) in [6, 6.07) is 9.71. The van der Waals surface area contributed by atoms with Crippen LogP contribution in [0.1, 0.15) is 40.9 Å². The molecule has 0 fully saturated rings. The van der Waals surface area contributed by atoms with Gasteiger partial charge in [-0.25, -0.2) is 0 Å². The molecule has 0 radical (unpaired) electrons. The number of rotatable bonds is 4. The minimum atomic E-state index is -0.213. The van der Waals surface area contributed by atoms with Crippen LogP contribution in [0.4, 0.5) is 0 Å². The first kappa shape index (κ1) is 14.1. The van der Waals surface area contributed by atoms with E-state index in [1.54, 1.807) is 6.07 Å². The number of aryl methyl sites for hydroxylation is 1. The lowest BCUT2D eigenvalue weighted by Crippen LogP contribution is -2.07. The van der Waals surface area contributed by atoms with Crippen molar-refractivity contribution in [3.63, 3.8) is 0 Å². The lowest BCUT2D eigenvalue weighted by atomic mass is 9.92. The number of phenols is 2. The van der Waals surface area contributed by atoms with E-state index in [1.165, 1.54) is 18.2 Å². The normalized spacial score (nSPS) is 10.5. The van der Waals surface area contributed by atoms with Crippen molar-refractivity contribution < 1.29 is 15.0 Å². The molecule has 0 aliphatic carbocycles. The fraction of sp³-hybridized carbons (Fsp3) is 0.235. The van der Waals surface area contributed by atoms with Crippen LogP contribution in [0, 0.1) is 0 Å². The van der Waals surface area contributed by atoms with Gasteiger partial charge in [-0.15, -0.1) is 0 Å². The summed E-state index contributed by atoms with van der Waals surface area (Å²) >= 11 is 0. The summed E-state index contributed by atoms with van der Waals surface area (Å²) in [4.78, 5) is 12.6. The van der Waals surface area contributed by atoms with Crippen molar-refractivity contribution in [2.24, 2.45) is 0 Å². The molecule has 2 aromatic rings. The molecule has 3 nitrogen and oxygen atoms in total. The van der Waals surface area contributed by atoms with Crippen molar-refractivity contribution in [3.05, 3.63) is 58.7 Å². The first-order chi connectivity index (χ1) is 9.58. The van der Waals surface area contributed by atoms with Gasteiger partial charge in [-0.05, 0) is 36.1 Å². The quantitative estimate of drug-likeness (QED) is 0.836. The van der Waals surface area contributed by atoms with E-state index in [0.717, 1.165) is 24.0 Å². The highest BCUT2D eigenvalue weighted by Gasteiger charge is 2.18. The topological polar surface area (TPSA) is 57.5 Å². The van der Waals surface area contributed by atoms with Crippen LogP contribution >= 0.6 is 0 Å². The molecule has 2 aromatic carbocycles. The molecule has 3 heteroatoms. The standard InChI is InChI=1S/C17H18O3/c1-3-11-6-5-7-14(13(11)4-2)17(20)15-9-8-12(18)10-16(15)19/h5-10,18-19H,3-4H2,1-2H3. The Bertz CT molecular complexity index is 645. The largest absolute Gasteiger partial charge is 0.508 e. The van der Waals surface area contributed by atoms with Crippen LogP contribution in [-0.2, 0) is 12.8 Å². The zero-order valence-electron chi connectivity index (χ0n) is 11.7. The van der Waals surface area contributed by atoms with E-state index < -0.39 is 0 Å². The fourth-order valence-electron chi connectivity index (χ4n) is 2.45. The van der Waals surface area contributed by atoms with Crippen LogP contribution in [-0.4, -0.2) is 16.0 Å². The fourth-order valence-corrected chi connectivity index (χ4v) is 2.45. The van der Waals surface area contributed by atoms with Gasteiger partial charge in [0.25, 0.3) is 0 Å². The van der Waals surface area contributed by atoms with Crippen LogP contribution in [0.3, 0.4) is 0 Å². The Hall–Kier alpha value is -2.29. The lowest BCUT2D eigenvalue weighted by molar-refractivity contribution is 0.103. The predicted octanol–water partition coefficient (Wildman–Crippen LogP) is 3.45. The Morgan fingerprint density at radius 2 is 1.75 bits per heavy atom. The van der Waals surface area contributed by atoms with Crippen LogP contribution in [0.5, 0.6) is 11.5 Å². The van der Waals surface area contributed by atoms with E-state index in [9.17, 15) is 15.0 Å². The van der Waals surface area contributed by atoms with Gasteiger partial charge in [0.2, 0.25) is 0 Å². The maximum absolute atomic E-state index is 12.6. The summed E-state index contributed by atoms with van der Waals surface area (Å²) in [6.07, 6.45) is 1.63. The van der Waals surface area contributed by atoms with Crippen LogP contribution < -0.4 is 0 Å². The van der Waals surface area contributed by atoms with E-state index >= 15 is 0 Å². The zero-order chi connectivity index (χ0) is 14.7. The molecule has 0 aliphatic rings. The monoisotopic (exact) mass is 270 g/mol. The van der Waals surface area contributed by atoms with E-state index in [-0.39, 0.29) is 22.8 Å².